The van der Waals surface area contributed by atoms with E-state index in [0.29, 0.717) is 16.3 Å². The van der Waals surface area contributed by atoms with E-state index < -0.39 is 10.8 Å². The molecule has 0 aliphatic rings. The maximum absolute atomic E-state index is 12.3. The van der Waals surface area contributed by atoms with Gasteiger partial charge in [0.05, 0.1) is 20.4 Å². The van der Waals surface area contributed by atoms with Gasteiger partial charge in [-0.15, -0.1) is 11.3 Å². The molecule has 0 radical (unpaired) electrons. The minimum atomic E-state index is -0.587. The number of halogens is 1. The number of carbonyl (C=O) groups is 2. The van der Waals surface area contributed by atoms with E-state index in [1.54, 1.807) is 36.4 Å². The number of benzene rings is 2. The number of nitrogens with zero attached hydrogens (tertiary/aromatic N) is 1. The molecular formula is C18H12ClN3O4S. The van der Waals surface area contributed by atoms with Gasteiger partial charge >= 0.3 is 0 Å². The number of hydrogen-bond donors (Lipinski definition) is 2. The topological polar surface area (TPSA) is 101 Å². The van der Waals surface area contributed by atoms with Crippen LogP contribution in [0.25, 0.3) is 0 Å². The predicted molar refractivity (Wildman–Crippen MR) is 105 cm³/mol. The van der Waals surface area contributed by atoms with Crippen molar-refractivity contribution in [3.63, 3.8) is 0 Å². The molecule has 3 rings (SSSR count). The molecule has 1 heterocycles. The van der Waals surface area contributed by atoms with Crippen molar-refractivity contribution in [2.75, 3.05) is 10.6 Å². The number of non-ortho nitro benzene ring substituents is 1. The molecule has 0 bridgehead atoms. The van der Waals surface area contributed by atoms with E-state index in [1.165, 1.54) is 23.5 Å². The number of rotatable bonds is 5. The molecule has 9 heteroatoms. The van der Waals surface area contributed by atoms with Crippen molar-refractivity contribution in [3.8, 4) is 0 Å². The number of anilines is 2. The molecule has 136 valence electrons. The summed E-state index contributed by atoms with van der Waals surface area (Å²) in [5.41, 5.74) is 1.00. The average Bonchev–Trinajstić information content (AvgIpc) is 3.18. The van der Waals surface area contributed by atoms with Crippen molar-refractivity contribution >= 4 is 51.8 Å². The molecule has 2 amide bonds. The SMILES string of the molecule is O=C(Nc1ccc(NC(=O)c2ccc([N+](=O)[O-])cc2Cl)cc1)c1cccs1. The number of carbonyl (C=O) groups excluding carboxylic acids is 2. The second kappa shape index (κ2) is 7.98. The van der Waals surface area contributed by atoms with Crippen molar-refractivity contribution in [1.29, 1.82) is 0 Å². The lowest BCUT2D eigenvalue weighted by Gasteiger charge is -2.08. The van der Waals surface area contributed by atoms with Crippen molar-refractivity contribution in [2.45, 2.75) is 0 Å². The van der Waals surface area contributed by atoms with Crippen LogP contribution in [0.4, 0.5) is 17.1 Å². The van der Waals surface area contributed by atoms with Crippen LogP contribution in [0.1, 0.15) is 20.0 Å². The smallest absolute Gasteiger partial charge is 0.270 e. The van der Waals surface area contributed by atoms with Crippen LogP contribution in [-0.4, -0.2) is 16.7 Å². The number of amides is 2. The molecule has 2 N–H and O–H groups in total. The highest BCUT2D eigenvalue weighted by Gasteiger charge is 2.15. The maximum atomic E-state index is 12.3. The summed E-state index contributed by atoms with van der Waals surface area (Å²) in [7, 11) is 0. The summed E-state index contributed by atoms with van der Waals surface area (Å²) in [5.74, 6) is -0.704. The number of nitro groups is 1. The van der Waals surface area contributed by atoms with Crippen LogP contribution in [0.2, 0.25) is 5.02 Å². The third-order valence-electron chi connectivity index (χ3n) is 3.55. The Morgan fingerprint density at radius 1 is 0.963 bits per heavy atom. The summed E-state index contributed by atoms with van der Waals surface area (Å²) in [6.45, 7) is 0. The molecular weight excluding hydrogens is 390 g/mol. The summed E-state index contributed by atoms with van der Waals surface area (Å²) < 4.78 is 0. The van der Waals surface area contributed by atoms with Crippen LogP contribution in [-0.2, 0) is 0 Å². The van der Waals surface area contributed by atoms with Gasteiger partial charge in [-0.2, -0.15) is 0 Å². The van der Waals surface area contributed by atoms with Gasteiger partial charge in [0.15, 0.2) is 0 Å². The fourth-order valence-corrected chi connectivity index (χ4v) is 3.12. The normalized spacial score (nSPS) is 10.3. The lowest BCUT2D eigenvalue weighted by Crippen LogP contribution is -2.13. The van der Waals surface area contributed by atoms with Gasteiger partial charge in [-0.1, -0.05) is 17.7 Å². The average molecular weight is 402 g/mol. The summed E-state index contributed by atoms with van der Waals surface area (Å²) >= 11 is 7.29. The van der Waals surface area contributed by atoms with Crippen LogP contribution < -0.4 is 10.6 Å². The van der Waals surface area contributed by atoms with Crippen molar-refractivity contribution < 1.29 is 14.5 Å². The third-order valence-corrected chi connectivity index (χ3v) is 4.74. The summed E-state index contributed by atoms with van der Waals surface area (Å²) in [6.07, 6.45) is 0. The molecule has 0 saturated heterocycles. The molecule has 0 spiro atoms. The van der Waals surface area contributed by atoms with E-state index in [4.69, 9.17) is 11.6 Å². The van der Waals surface area contributed by atoms with Crippen LogP contribution in [0, 0.1) is 10.1 Å². The lowest BCUT2D eigenvalue weighted by molar-refractivity contribution is -0.384. The summed E-state index contributed by atoms with van der Waals surface area (Å²) in [4.78, 5) is 35.0. The molecule has 2 aromatic carbocycles. The van der Waals surface area contributed by atoms with Gasteiger partial charge < -0.3 is 10.6 Å². The Bertz CT molecular complexity index is 1000. The fourth-order valence-electron chi connectivity index (χ4n) is 2.24. The Kier molecular flexibility index (Phi) is 5.49. The van der Waals surface area contributed by atoms with Gasteiger partial charge in [0.25, 0.3) is 17.5 Å². The molecule has 0 atom stereocenters. The van der Waals surface area contributed by atoms with Crippen LogP contribution in [0.15, 0.2) is 60.0 Å². The zero-order valence-corrected chi connectivity index (χ0v) is 15.2. The fraction of sp³-hybridized carbons (Fsp3) is 0. The van der Waals surface area contributed by atoms with E-state index >= 15 is 0 Å². The molecule has 27 heavy (non-hydrogen) atoms. The molecule has 0 aliphatic heterocycles. The number of nitro benzene ring substituents is 1. The monoisotopic (exact) mass is 401 g/mol. The van der Waals surface area contributed by atoms with E-state index in [1.807, 2.05) is 5.38 Å². The molecule has 0 unspecified atom stereocenters. The number of nitrogens with one attached hydrogen (secondary N) is 2. The van der Waals surface area contributed by atoms with Crippen LogP contribution in [0.3, 0.4) is 0 Å². The first-order chi connectivity index (χ1) is 12.9. The first-order valence-corrected chi connectivity index (χ1v) is 8.90. The van der Waals surface area contributed by atoms with Gasteiger partial charge in [-0.25, -0.2) is 0 Å². The van der Waals surface area contributed by atoms with Crippen molar-refractivity contribution in [2.24, 2.45) is 0 Å². The van der Waals surface area contributed by atoms with E-state index in [0.717, 1.165) is 6.07 Å². The Hall–Kier alpha value is -3.23. The van der Waals surface area contributed by atoms with Crippen LogP contribution >= 0.6 is 22.9 Å². The highest BCUT2D eigenvalue weighted by Crippen LogP contribution is 2.24. The van der Waals surface area contributed by atoms with E-state index in [2.05, 4.69) is 10.6 Å². The quantitative estimate of drug-likeness (QED) is 0.473. The Morgan fingerprint density at radius 3 is 2.11 bits per heavy atom. The number of hydrogen-bond acceptors (Lipinski definition) is 5. The minimum absolute atomic E-state index is 0.0125. The van der Waals surface area contributed by atoms with Gasteiger partial charge in [0.2, 0.25) is 0 Å². The van der Waals surface area contributed by atoms with Crippen molar-refractivity contribution in [3.05, 3.63) is 85.6 Å². The molecule has 0 saturated carbocycles. The molecule has 0 aliphatic carbocycles. The summed E-state index contributed by atoms with van der Waals surface area (Å²) in [6, 6.07) is 13.7. The largest absolute Gasteiger partial charge is 0.322 e. The van der Waals surface area contributed by atoms with Crippen LogP contribution in [0.5, 0.6) is 0 Å². The highest BCUT2D eigenvalue weighted by atomic mass is 35.5. The highest BCUT2D eigenvalue weighted by molar-refractivity contribution is 7.12. The van der Waals surface area contributed by atoms with E-state index in [9.17, 15) is 19.7 Å². The Morgan fingerprint density at radius 2 is 1.59 bits per heavy atom. The second-order valence-electron chi connectivity index (χ2n) is 5.38. The van der Waals surface area contributed by atoms with E-state index in [-0.39, 0.29) is 22.2 Å². The van der Waals surface area contributed by atoms with Crippen molar-refractivity contribution in [1.82, 2.24) is 0 Å². The number of thiophene rings is 1. The first-order valence-electron chi connectivity index (χ1n) is 7.64. The zero-order valence-electron chi connectivity index (χ0n) is 13.6. The Labute approximate surface area is 162 Å². The molecule has 7 nitrogen and oxygen atoms in total. The second-order valence-corrected chi connectivity index (χ2v) is 6.74. The standard InChI is InChI=1S/C18H12ClN3O4S/c19-15-10-13(22(25)26)7-8-14(15)17(23)20-11-3-5-12(6-4-11)21-18(24)16-2-1-9-27-16/h1-10H,(H,20,23)(H,21,24). The van der Waals surface area contributed by atoms with Gasteiger partial charge in [-0.05, 0) is 41.8 Å². The maximum Gasteiger partial charge on any atom is 0.270 e. The predicted octanol–water partition coefficient (Wildman–Crippen LogP) is 4.81. The molecule has 1 aromatic heterocycles. The molecule has 3 aromatic rings. The third kappa shape index (κ3) is 4.49. The minimum Gasteiger partial charge on any atom is -0.322 e. The Balaban J connectivity index is 1.66. The lowest BCUT2D eigenvalue weighted by atomic mass is 10.2. The van der Waals surface area contributed by atoms with Gasteiger partial charge in [0.1, 0.15) is 0 Å². The first kappa shape index (κ1) is 18.6. The zero-order chi connectivity index (χ0) is 19.4. The van der Waals surface area contributed by atoms with Gasteiger partial charge in [0, 0.05) is 23.5 Å². The van der Waals surface area contributed by atoms with Gasteiger partial charge in [-0.3, -0.25) is 19.7 Å². The molecule has 0 fully saturated rings. The summed E-state index contributed by atoms with van der Waals surface area (Å²) in [5, 5.41) is 17.9.